The zero-order valence-corrected chi connectivity index (χ0v) is 10.9. The number of carboxylic acids is 1. The first-order chi connectivity index (χ1) is 8.00. The summed E-state index contributed by atoms with van der Waals surface area (Å²) in [5, 5.41) is 21.8. The first kappa shape index (κ1) is 14.5. The molecule has 5 heteroatoms. The standard InChI is InChI=1S/C12H24BNO3/c1-13(17)8-4-3-6-12(11(15)16)7-5-10(9-12)14-2/h10,14,17H,3-9H2,1-2H3,(H,15,16)/t10-,12-/m0/s1. The summed E-state index contributed by atoms with van der Waals surface area (Å²) in [6.45, 7) is 1.50. The molecule has 17 heavy (non-hydrogen) atoms. The minimum absolute atomic E-state index is 0.274. The van der Waals surface area contributed by atoms with Crippen LogP contribution in [-0.4, -0.2) is 36.1 Å². The fourth-order valence-corrected chi connectivity index (χ4v) is 2.80. The van der Waals surface area contributed by atoms with Crippen LogP contribution in [0.4, 0.5) is 0 Å². The molecule has 3 N–H and O–H groups in total. The number of hydrogen-bond acceptors (Lipinski definition) is 3. The highest BCUT2D eigenvalue weighted by molar-refractivity contribution is 6.48. The molecule has 0 aromatic heterocycles. The lowest BCUT2D eigenvalue weighted by Gasteiger charge is -2.24. The summed E-state index contributed by atoms with van der Waals surface area (Å²) in [5.74, 6) is -0.646. The van der Waals surface area contributed by atoms with Gasteiger partial charge in [-0.1, -0.05) is 19.7 Å². The largest absolute Gasteiger partial charge is 0.481 e. The molecule has 0 radical (unpaired) electrons. The normalized spacial score (nSPS) is 28.3. The summed E-state index contributed by atoms with van der Waals surface area (Å²) in [5.41, 5.74) is -0.521. The molecule has 98 valence electrons. The summed E-state index contributed by atoms with van der Waals surface area (Å²) in [7, 11) is 1.90. The minimum atomic E-state index is -0.646. The van der Waals surface area contributed by atoms with Gasteiger partial charge >= 0.3 is 5.97 Å². The summed E-state index contributed by atoms with van der Waals surface area (Å²) in [6, 6.07) is 0.350. The van der Waals surface area contributed by atoms with Gasteiger partial charge in [0, 0.05) is 6.04 Å². The van der Waals surface area contributed by atoms with Gasteiger partial charge in [0.05, 0.1) is 5.41 Å². The van der Waals surface area contributed by atoms with Gasteiger partial charge in [0.1, 0.15) is 0 Å². The van der Waals surface area contributed by atoms with Gasteiger partial charge in [-0.3, -0.25) is 4.79 Å². The second-order valence-corrected chi connectivity index (χ2v) is 5.41. The van der Waals surface area contributed by atoms with Crippen LogP contribution in [0.1, 0.15) is 38.5 Å². The Morgan fingerprint density at radius 2 is 2.24 bits per heavy atom. The second-order valence-electron chi connectivity index (χ2n) is 5.41. The monoisotopic (exact) mass is 241 g/mol. The van der Waals surface area contributed by atoms with Crippen LogP contribution in [-0.2, 0) is 4.79 Å². The zero-order chi connectivity index (χ0) is 12.9. The Labute approximate surface area is 104 Å². The van der Waals surface area contributed by atoms with Crippen molar-refractivity contribution >= 4 is 12.9 Å². The Bertz CT molecular complexity index is 260. The summed E-state index contributed by atoms with van der Waals surface area (Å²) in [6.07, 6.45) is 5.80. The van der Waals surface area contributed by atoms with Crippen molar-refractivity contribution in [1.82, 2.24) is 5.32 Å². The molecular formula is C12H24BNO3. The van der Waals surface area contributed by atoms with Gasteiger partial charge in [-0.05, 0) is 39.1 Å². The van der Waals surface area contributed by atoms with Crippen LogP contribution >= 0.6 is 0 Å². The molecule has 1 aliphatic rings. The van der Waals surface area contributed by atoms with Crippen LogP contribution in [0, 0.1) is 5.41 Å². The fourth-order valence-electron chi connectivity index (χ4n) is 2.80. The van der Waals surface area contributed by atoms with E-state index in [-0.39, 0.29) is 6.92 Å². The van der Waals surface area contributed by atoms with Gasteiger partial charge in [0.15, 0.2) is 0 Å². The number of carboxylic acid groups (broad SMARTS) is 1. The SMILES string of the molecule is CN[C@H]1CC[C@](CCCCB(C)O)(C(=O)O)C1. The quantitative estimate of drug-likeness (QED) is 0.468. The van der Waals surface area contributed by atoms with Crippen LogP contribution in [0.3, 0.4) is 0 Å². The van der Waals surface area contributed by atoms with Gasteiger partial charge in [-0.2, -0.15) is 0 Å². The molecule has 1 saturated carbocycles. The number of carbonyl (C=O) groups is 1. The van der Waals surface area contributed by atoms with Crippen molar-refractivity contribution in [2.75, 3.05) is 7.05 Å². The van der Waals surface area contributed by atoms with E-state index in [0.717, 1.165) is 44.8 Å². The maximum Gasteiger partial charge on any atom is 0.309 e. The van der Waals surface area contributed by atoms with Gasteiger partial charge in [0.2, 0.25) is 0 Å². The topological polar surface area (TPSA) is 69.6 Å². The molecule has 2 atom stereocenters. The van der Waals surface area contributed by atoms with Crippen LogP contribution < -0.4 is 5.32 Å². The molecule has 0 aromatic rings. The Kier molecular flexibility index (Phi) is 5.47. The van der Waals surface area contributed by atoms with Crippen LogP contribution in [0.5, 0.6) is 0 Å². The maximum atomic E-state index is 11.4. The Morgan fingerprint density at radius 1 is 1.53 bits per heavy atom. The summed E-state index contributed by atoms with van der Waals surface area (Å²) in [4.78, 5) is 11.4. The number of aliphatic carboxylic acids is 1. The van der Waals surface area contributed by atoms with Crippen molar-refractivity contribution in [2.24, 2.45) is 5.41 Å². The summed E-state index contributed by atoms with van der Waals surface area (Å²) >= 11 is 0. The highest BCUT2D eigenvalue weighted by Crippen LogP contribution is 2.42. The first-order valence-electron chi connectivity index (χ1n) is 6.59. The average Bonchev–Trinajstić information content (AvgIpc) is 2.69. The first-order valence-corrected chi connectivity index (χ1v) is 6.59. The number of nitrogens with one attached hydrogen (secondary N) is 1. The predicted molar refractivity (Wildman–Crippen MR) is 69.3 cm³/mol. The van der Waals surface area contributed by atoms with E-state index in [0.29, 0.717) is 6.04 Å². The molecule has 0 amide bonds. The smallest absolute Gasteiger partial charge is 0.309 e. The maximum absolute atomic E-state index is 11.4. The molecule has 0 bridgehead atoms. The van der Waals surface area contributed by atoms with Crippen molar-refractivity contribution < 1.29 is 14.9 Å². The molecular weight excluding hydrogens is 217 g/mol. The number of hydrogen-bond donors (Lipinski definition) is 3. The predicted octanol–water partition coefficient (Wildman–Crippen LogP) is 1.61. The molecule has 1 aliphatic carbocycles. The van der Waals surface area contributed by atoms with Crippen molar-refractivity contribution in [2.45, 2.75) is 57.7 Å². The van der Waals surface area contributed by atoms with E-state index >= 15 is 0 Å². The van der Waals surface area contributed by atoms with Crippen molar-refractivity contribution in [3.8, 4) is 0 Å². The van der Waals surface area contributed by atoms with Crippen LogP contribution in [0.25, 0.3) is 0 Å². The molecule has 4 nitrogen and oxygen atoms in total. The Morgan fingerprint density at radius 3 is 2.71 bits per heavy atom. The fraction of sp³-hybridized carbons (Fsp3) is 0.917. The van der Waals surface area contributed by atoms with Gasteiger partial charge in [-0.15, -0.1) is 0 Å². The van der Waals surface area contributed by atoms with E-state index in [1.807, 2.05) is 7.05 Å². The van der Waals surface area contributed by atoms with E-state index in [1.165, 1.54) is 0 Å². The molecule has 1 rings (SSSR count). The Hall–Kier alpha value is -0.545. The highest BCUT2D eigenvalue weighted by Gasteiger charge is 2.44. The third kappa shape index (κ3) is 4.00. The summed E-state index contributed by atoms with van der Waals surface area (Å²) < 4.78 is 0. The third-order valence-electron chi connectivity index (χ3n) is 4.00. The molecule has 0 spiro atoms. The minimum Gasteiger partial charge on any atom is -0.481 e. The third-order valence-corrected chi connectivity index (χ3v) is 4.00. The zero-order valence-electron chi connectivity index (χ0n) is 10.9. The molecule has 1 fully saturated rings. The van der Waals surface area contributed by atoms with Gasteiger partial charge in [-0.25, -0.2) is 0 Å². The van der Waals surface area contributed by atoms with E-state index in [9.17, 15) is 14.9 Å². The Balaban J connectivity index is 2.42. The van der Waals surface area contributed by atoms with E-state index in [1.54, 1.807) is 6.82 Å². The highest BCUT2D eigenvalue weighted by atomic mass is 16.4. The molecule has 0 saturated heterocycles. The van der Waals surface area contributed by atoms with Crippen molar-refractivity contribution in [3.05, 3.63) is 0 Å². The molecule has 0 aromatic carbocycles. The number of unbranched alkanes of at least 4 members (excludes halogenated alkanes) is 1. The van der Waals surface area contributed by atoms with E-state index in [2.05, 4.69) is 5.32 Å². The lowest BCUT2D eigenvalue weighted by molar-refractivity contribution is -0.149. The molecule has 0 aliphatic heterocycles. The molecule has 0 unspecified atom stereocenters. The van der Waals surface area contributed by atoms with Gasteiger partial charge in [0.25, 0.3) is 6.92 Å². The van der Waals surface area contributed by atoms with E-state index < -0.39 is 11.4 Å². The average molecular weight is 241 g/mol. The van der Waals surface area contributed by atoms with Crippen LogP contribution in [0.15, 0.2) is 0 Å². The second kappa shape index (κ2) is 6.40. The van der Waals surface area contributed by atoms with Crippen molar-refractivity contribution in [3.63, 3.8) is 0 Å². The number of rotatable bonds is 7. The van der Waals surface area contributed by atoms with Crippen molar-refractivity contribution in [1.29, 1.82) is 0 Å². The van der Waals surface area contributed by atoms with Crippen LogP contribution in [0.2, 0.25) is 13.1 Å². The molecule has 0 heterocycles. The van der Waals surface area contributed by atoms with E-state index in [4.69, 9.17) is 0 Å². The van der Waals surface area contributed by atoms with Gasteiger partial charge < -0.3 is 15.4 Å². The lowest BCUT2D eigenvalue weighted by atomic mass is 9.66. The lowest BCUT2D eigenvalue weighted by Crippen LogP contribution is -2.31.